The van der Waals surface area contributed by atoms with E-state index in [1.54, 1.807) is 22.7 Å². The number of halogens is 2. The van der Waals surface area contributed by atoms with Crippen molar-refractivity contribution in [2.24, 2.45) is 0 Å². The molecule has 2 aliphatic rings. The molecule has 0 bridgehead atoms. The minimum absolute atomic E-state index is 0.428. The van der Waals surface area contributed by atoms with Crippen LogP contribution in [0.15, 0.2) is 67.3 Å². The van der Waals surface area contributed by atoms with Gasteiger partial charge in [-0.1, -0.05) is 11.6 Å². The molecular weight excluding hydrogens is 388 g/mol. The van der Waals surface area contributed by atoms with Crippen LogP contribution in [0.5, 0.6) is 0 Å². The van der Waals surface area contributed by atoms with Crippen LogP contribution in [-0.4, -0.2) is 4.90 Å². The molecule has 0 radical (unpaired) electrons. The molecule has 0 aliphatic carbocycles. The Morgan fingerprint density at radius 1 is 1.14 bits per heavy atom. The van der Waals surface area contributed by atoms with Gasteiger partial charge in [0.2, 0.25) is 0 Å². The van der Waals surface area contributed by atoms with E-state index in [1.165, 1.54) is 11.1 Å². The summed E-state index contributed by atoms with van der Waals surface area (Å²) in [5, 5.41) is 12.8. The Morgan fingerprint density at radius 3 is 2.38 bits per heavy atom. The minimum atomic E-state index is -0.428. The topological polar surface area (TPSA) is 15.3 Å². The lowest BCUT2D eigenvalue weighted by atomic mass is 9.94. The summed E-state index contributed by atoms with van der Waals surface area (Å²) in [7, 11) is 0. The largest absolute Gasteiger partial charge is 0.359 e. The molecule has 2 aromatic heterocycles. The predicted octanol–water partition coefficient (Wildman–Crippen LogP) is 5.13. The van der Waals surface area contributed by atoms with Crippen LogP contribution in [0.1, 0.15) is 11.1 Å². The van der Waals surface area contributed by atoms with Crippen LogP contribution in [0.3, 0.4) is 0 Å². The van der Waals surface area contributed by atoms with Crippen molar-refractivity contribution in [1.82, 2.24) is 10.2 Å². The zero-order valence-electron chi connectivity index (χ0n) is 10.7. The molecular formula is C15H10BrClN2S2. The number of thiophene rings is 2. The van der Waals surface area contributed by atoms with E-state index >= 15 is 0 Å². The quantitative estimate of drug-likeness (QED) is 0.755. The van der Waals surface area contributed by atoms with Crippen molar-refractivity contribution in [3.05, 3.63) is 78.5 Å². The zero-order valence-corrected chi connectivity index (χ0v) is 14.7. The van der Waals surface area contributed by atoms with Crippen LogP contribution in [-0.2, 0) is 5.66 Å². The molecule has 0 saturated heterocycles. The first-order valence-electron chi connectivity index (χ1n) is 6.29. The highest BCUT2D eigenvalue weighted by atomic mass is 79.9. The minimum Gasteiger partial charge on any atom is -0.359 e. The molecule has 1 N–H and O–H groups in total. The number of hydrogen-bond acceptors (Lipinski definition) is 4. The first-order chi connectivity index (χ1) is 10.2. The third-order valence-electron chi connectivity index (χ3n) is 3.68. The van der Waals surface area contributed by atoms with Gasteiger partial charge in [0.05, 0.1) is 10.7 Å². The maximum atomic E-state index is 6.41. The van der Waals surface area contributed by atoms with E-state index in [9.17, 15) is 0 Å². The third-order valence-corrected chi connectivity index (χ3v) is 5.78. The Morgan fingerprint density at radius 2 is 1.81 bits per heavy atom. The third kappa shape index (κ3) is 1.95. The van der Waals surface area contributed by atoms with Crippen molar-refractivity contribution in [3.63, 3.8) is 0 Å². The van der Waals surface area contributed by atoms with Gasteiger partial charge < -0.3 is 10.2 Å². The van der Waals surface area contributed by atoms with Crippen molar-refractivity contribution < 1.29 is 0 Å². The van der Waals surface area contributed by atoms with E-state index < -0.39 is 5.66 Å². The Balaban J connectivity index is 1.94. The van der Waals surface area contributed by atoms with Gasteiger partial charge in [0.25, 0.3) is 0 Å². The molecule has 0 atom stereocenters. The average molecular weight is 398 g/mol. The van der Waals surface area contributed by atoms with Crippen LogP contribution in [0, 0.1) is 0 Å². The second kappa shape index (κ2) is 5.02. The number of hydrogen-bond donors (Lipinski definition) is 1. The van der Waals surface area contributed by atoms with Crippen molar-refractivity contribution in [2.75, 3.05) is 0 Å². The monoisotopic (exact) mass is 396 g/mol. The second-order valence-electron chi connectivity index (χ2n) is 4.78. The lowest BCUT2D eigenvalue weighted by molar-refractivity contribution is 0.244. The summed E-state index contributed by atoms with van der Waals surface area (Å²) >= 11 is 13.4. The molecule has 0 fully saturated rings. The molecule has 0 unspecified atom stereocenters. The summed E-state index contributed by atoms with van der Waals surface area (Å²) in [6.07, 6.45) is 5.99. The predicted molar refractivity (Wildman–Crippen MR) is 93.4 cm³/mol. The summed E-state index contributed by atoms with van der Waals surface area (Å²) in [5.74, 6) is 0. The van der Waals surface area contributed by atoms with Crippen LogP contribution in [0.25, 0.3) is 0 Å². The van der Waals surface area contributed by atoms with Crippen molar-refractivity contribution >= 4 is 50.2 Å². The average Bonchev–Trinajstić information content (AvgIpc) is 3.19. The smallest absolute Gasteiger partial charge is 0.169 e. The van der Waals surface area contributed by atoms with Crippen molar-refractivity contribution in [1.29, 1.82) is 0 Å². The number of fused-ring (bicyclic) bond motifs is 1. The van der Waals surface area contributed by atoms with E-state index in [1.807, 2.05) is 12.3 Å². The highest BCUT2D eigenvalue weighted by molar-refractivity contribution is 9.11. The van der Waals surface area contributed by atoms with Crippen molar-refractivity contribution in [2.45, 2.75) is 5.66 Å². The SMILES string of the molecule is ClC1=CC(Br)=CN2C1=CNC2(c1ccsc1)c1ccsc1. The zero-order chi connectivity index (χ0) is 14.4. The molecule has 2 aromatic rings. The summed E-state index contributed by atoms with van der Waals surface area (Å²) in [6, 6.07) is 4.31. The van der Waals surface area contributed by atoms with Gasteiger partial charge in [-0.2, -0.15) is 22.7 Å². The second-order valence-corrected chi connectivity index (χ2v) is 7.67. The van der Waals surface area contributed by atoms with E-state index in [0.29, 0.717) is 0 Å². The summed E-state index contributed by atoms with van der Waals surface area (Å²) in [4.78, 5) is 2.20. The maximum Gasteiger partial charge on any atom is 0.169 e. The Hall–Kier alpha value is -1.01. The standard InChI is InChI=1S/C15H10BrClN2S2/c16-12-5-13(17)14-6-18-15(19(14)7-12,10-1-3-20-8-10)11-2-4-21-9-11/h1-9,18H. The van der Waals surface area contributed by atoms with Crippen LogP contribution in [0.2, 0.25) is 0 Å². The fourth-order valence-electron chi connectivity index (χ4n) is 2.75. The van der Waals surface area contributed by atoms with Gasteiger partial charge >= 0.3 is 0 Å². The first-order valence-corrected chi connectivity index (χ1v) is 9.35. The molecule has 21 heavy (non-hydrogen) atoms. The first kappa shape index (κ1) is 13.6. The van der Waals surface area contributed by atoms with Gasteiger partial charge in [0.15, 0.2) is 5.66 Å². The lowest BCUT2D eigenvalue weighted by Crippen LogP contribution is -2.48. The molecule has 6 heteroatoms. The number of nitrogens with one attached hydrogen (secondary N) is 1. The van der Waals surface area contributed by atoms with Crippen LogP contribution < -0.4 is 5.32 Å². The lowest BCUT2D eigenvalue weighted by Gasteiger charge is -2.40. The van der Waals surface area contributed by atoms with E-state index in [0.717, 1.165) is 15.2 Å². The Kier molecular flexibility index (Phi) is 3.26. The van der Waals surface area contributed by atoms with Gasteiger partial charge in [0.1, 0.15) is 0 Å². The Labute approximate surface area is 144 Å². The summed E-state index contributed by atoms with van der Waals surface area (Å²) < 4.78 is 0.961. The molecule has 0 amide bonds. The van der Waals surface area contributed by atoms with Gasteiger partial charge in [-0.25, -0.2) is 0 Å². The van der Waals surface area contributed by atoms with Crippen LogP contribution in [0.4, 0.5) is 0 Å². The highest BCUT2D eigenvalue weighted by Gasteiger charge is 2.46. The molecule has 0 spiro atoms. The molecule has 2 nitrogen and oxygen atoms in total. The normalized spacial score (nSPS) is 19.5. The van der Waals surface area contributed by atoms with Crippen LogP contribution >= 0.6 is 50.2 Å². The van der Waals surface area contributed by atoms with Crippen molar-refractivity contribution in [3.8, 4) is 0 Å². The van der Waals surface area contributed by atoms with E-state index in [2.05, 4.69) is 66.0 Å². The summed E-state index contributed by atoms with van der Waals surface area (Å²) in [6.45, 7) is 0. The number of rotatable bonds is 2. The number of nitrogens with zero attached hydrogens (tertiary/aromatic N) is 1. The van der Waals surface area contributed by atoms with E-state index in [4.69, 9.17) is 11.6 Å². The van der Waals surface area contributed by atoms with Gasteiger partial charge in [-0.15, -0.1) is 0 Å². The fourth-order valence-corrected chi connectivity index (χ4v) is 4.98. The molecule has 0 saturated carbocycles. The van der Waals surface area contributed by atoms with E-state index in [-0.39, 0.29) is 0 Å². The molecule has 4 heterocycles. The summed E-state index contributed by atoms with van der Waals surface area (Å²) in [5.41, 5.74) is 2.97. The highest BCUT2D eigenvalue weighted by Crippen LogP contribution is 2.46. The number of allylic oxidation sites excluding steroid dienone is 3. The Bertz CT molecular complexity index is 725. The fraction of sp³-hybridized carbons (Fsp3) is 0.0667. The molecule has 4 rings (SSSR count). The molecule has 2 aliphatic heterocycles. The maximum absolute atomic E-state index is 6.41. The molecule has 0 aromatic carbocycles. The van der Waals surface area contributed by atoms with Gasteiger partial charge in [-0.05, 0) is 55.7 Å². The molecule has 106 valence electrons. The van der Waals surface area contributed by atoms with Gasteiger partial charge in [-0.3, -0.25) is 0 Å². The van der Waals surface area contributed by atoms with Gasteiger partial charge in [0, 0.05) is 28.0 Å².